The Morgan fingerprint density at radius 2 is 1.96 bits per heavy atom. The number of hydrogen-bond acceptors (Lipinski definition) is 5. The van der Waals surface area contributed by atoms with Crippen molar-refractivity contribution in [3.8, 4) is 17.2 Å². The largest absolute Gasteiger partial charge is 0.490 e. The lowest BCUT2D eigenvalue weighted by molar-refractivity contribution is 0.0892. The highest BCUT2D eigenvalue weighted by molar-refractivity contribution is 5.96. The first kappa shape index (κ1) is 16.8. The molecule has 1 aliphatic heterocycles. The highest BCUT2D eigenvalue weighted by Gasteiger charge is 2.26. The number of aromatic amines is 1. The number of fused-ring (bicyclic) bond motifs is 1. The van der Waals surface area contributed by atoms with Crippen LogP contribution in [0.15, 0.2) is 18.2 Å². The molecule has 2 heterocycles. The smallest absolute Gasteiger partial charge is 0.255 e. The van der Waals surface area contributed by atoms with Gasteiger partial charge < -0.3 is 19.5 Å². The zero-order valence-electron chi connectivity index (χ0n) is 15.0. The Morgan fingerprint density at radius 1 is 1.19 bits per heavy atom. The number of hydrogen-bond donors (Lipinski definition) is 2. The molecule has 1 fully saturated rings. The van der Waals surface area contributed by atoms with Gasteiger partial charge in [-0.2, -0.15) is 5.10 Å². The van der Waals surface area contributed by atoms with E-state index in [-0.39, 0.29) is 24.8 Å². The van der Waals surface area contributed by atoms with E-state index in [2.05, 4.69) is 15.5 Å². The summed E-state index contributed by atoms with van der Waals surface area (Å²) in [5.74, 6) is 2.24. The van der Waals surface area contributed by atoms with E-state index in [0.717, 1.165) is 54.3 Å². The third-order valence-corrected chi connectivity index (χ3v) is 5.01. The Labute approximate surface area is 152 Å². The Balaban J connectivity index is 1.29. The monoisotopic (exact) mass is 357 g/mol. The SMILES string of the molecule is Cc1n[nH]c(C)c1C(=O)NC1CCC(Oc2ccc3c(c2)OCO3)CC1. The maximum Gasteiger partial charge on any atom is 0.255 e. The van der Waals surface area contributed by atoms with E-state index in [9.17, 15) is 4.79 Å². The maximum absolute atomic E-state index is 12.5. The molecule has 1 aliphatic carbocycles. The number of ether oxygens (including phenoxy) is 3. The van der Waals surface area contributed by atoms with Crippen molar-refractivity contribution >= 4 is 5.91 Å². The van der Waals surface area contributed by atoms with Gasteiger partial charge >= 0.3 is 0 Å². The van der Waals surface area contributed by atoms with Gasteiger partial charge in [-0.1, -0.05) is 0 Å². The summed E-state index contributed by atoms with van der Waals surface area (Å²) in [6.45, 7) is 3.97. The summed E-state index contributed by atoms with van der Waals surface area (Å²) in [5, 5.41) is 10.1. The number of amides is 1. The molecule has 138 valence electrons. The van der Waals surface area contributed by atoms with Crippen molar-refractivity contribution in [1.82, 2.24) is 15.5 Å². The van der Waals surface area contributed by atoms with Crippen molar-refractivity contribution in [1.29, 1.82) is 0 Å². The molecular weight excluding hydrogens is 334 g/mol. The normalized spacial score (nSPS) is 21.5. The van der Waals surface area contributed by atoms with Gasteiger partial charge in [0, 0.05) is 17.8 Å². The van der Waals surface area contributed by atoms with Gasteiger partial charge in [-0.3, -0.25) is 9.89 Å². The Kier molecular flexibility index (Phi) is 4.44. The van der Waals surface area contributed by atoms with Crippen LogP contribution in [0.2, 0.25) is 0 Å². The highest BCUT2D eigenvalue weighted by Crippen LogP contribution is 2.36. The van der Waals surface area contributed by atoms with Crippen LogP contribution < -0.4 is 19.5 Å². The average Bonchev–Trinajstić information content (AvgIpc) is 3.22. The molecule has 7 nitrogen and oxygen atoms in total. The molecular formula is C19H23N3O4. The summed E-state index contributed by atoms with van der Waals surface area (Å²) >= 11 is 0. The summed E-state index contributed by atoms with van der Waals surface area (Å²) in [6.07, 6.45) is 3.76. The van der Waals surface area contributed by atoms with Crippen LogP contribution in [0.25, 0.3) is 0 Å². The second kappa shape index (κ2) is 6.90. The number of aryl methyl sites for hydroxylation is 2. The molecule has 26 heavy (non-hydrogen) atoms. The summed E-state index contributed by atoms with van der Waals surface area (Å²) in [4.78, 5) is 12.5. The number of benzene rings is 1. The fourth-order valence-corrected chi connectivity index (χ4v) is 3.61. The molecule has 0 saturated heterocycles. The molecule has 2 aromatic rings. The van der Waals surface area contributed by atoms with Crippen LogP contribution in [0.5, 0.6) is 17.2 Å². The third kappa shape index (κ3) is 3.34. The van der Waals surface area contributed by atoms with E-state index in [0.29, 0.717) is 5.56 Å². The number of carbonyl (C=O) groups is 1. The number of nitrogens with zero attached hydrogens (tertiary/aromatic N) is 1. The van der Waals surface area contributed by atoms with Crippen molar-refractivity contribution in [2.75, 3.05) is 6.79 Å². The standard InChI is InChI=1S/C19H23N3O4/c1-11-18(12(2)22-21-11)19(23)20-13-3-5-14(6-4-13)26-15-7-8-16-17(9-15)25-10-24-16/h7-9,13-14H,3-6,10H2,1-2H3,(H,20,23)(H,21,22). The fraction of sp³-hybridized carbons (Fsp3) is 0.474. The number of rotatable bonds is 4. The van der Waals surface area contributed by atoms with Crippen LogP contribution in [0, 0.1) is 13.8 Å². The molecule has 0 bridgehead atoms. The minimum atomic E-state index is -0.0473. The zero-order chi connectivity index (χ0) is 18.1. The van der Waals surface area contributed by atoms with Gasteiger partial charge in [0.1, 0.15) is 5.75 Å². The van der Waals surface area contributed by atoms with Gasteiger partial charge in [-0.15, -0.1) is 0 Å². The van der Waals surface area contributed by atoms with E-state index < -0.39 is 0 Å². The topological polar surface area (TPSA) is 85.5 Å². The first-order chi connectivity index (χ1) is 12.6. The van der Waals surface area contributed by atoms with Gasteiger partial charge in [-0.25, -0.2) is 0 Å². The molecule has 1 saturated carbocycles. The molecule has 1 amide bonds. The van der Waals surface area contributed by atoms with E-state index in [1.807, 2.05) is 32.0 Å². The predicted octanol–water partition coefficient (Wildman–Crippen LogP) is 2.88. The van der Waals surface area contributed by atoms with Gasteiger partial charge in [0.15, 0.2) is 11.5 Å². The van der Waals surface area contributed by atoms with Crippen molar-refractivity contribution in [2.24, 2.45) is 0 Å². The Hall–Kier alpha value is -2.70. The molecule has 0 atom stereocenters. The molecule has 0 radical (unpaired) electrons. The van der Waals surface area contributed by atoms with E-state index in [4.69, 9.17) is 14.2 Å². The zero-order valence-corrected chi connectivity index (χ0v) is 15.0. The van der Waals surface area contributed by atoms with E-state index in [1.54, 1.807) is 0 Å². The molecule has 1 aromatic carbocycles. The number of H-pyrrole nitrogens is 1. The predicted molar refractivity (Wildman–Crippen MR) is 94.8 cm³/mol. The number of aromatic nitrogens is 2. The summed E-state index contributed by atoms with van der Waals surface area (Å²) < 4.78 is 16.8. The summed E-state index contributed by atoms with van der Waals surface area (Å²) in [7, 11) is 0. The molecule has 0 spiro atoms. The number of nitrogens with one attached hydrogen (secondary N) is 2. The van der Waals surface area contributed by atoms with Crippen LogP contribution in [0.1, 0.15) is 47.4 Å². The lowest BCUT2D eigenvalue weighted by atomic mass is 9.92. The second-order valence-electron chi connectivity index (χ2n) is 6.89. The van der Waals surface area contributed by atoms with Crippen LogP contribution in [-0.2, 0) is 0 Å². The minimum Gasteiger partial charge on any atom is -0.490 e. The number of carbonyl (C=O) groups excluding carboxylic acids is 1. The van der Waals surface area contributed by atoms with Gasteiger partial charge in [0.25, 0.3) is 5.91 Å². The Bertz CT molecular complexity index is 790. The quantitative estimate of drug-likeness (QED) is 0.879. The van der Waals surface area contributed by atoms with Crippen LogP contribution >= 0.6 is 0 Å². The van der Waals surface area contributed by atoms with E-state index >= 15 is 0 Å². The minimum absolute atomic E-state index is 0.0473. The maximum atomic E-state index is 12.5. The van der Waals surface area contributed by atoms with Crippen LogP contribution in [-0.4, -0.2) is 35.0 Å². The molecule has 4 rings (SSSR count). The fourth-order valence-electron chi connectivity index (χ4n) is 3.61. The van der Waals surface area contributed by atoms with Crippen molar-refractivity contribution in [3.05, 3.63) is 35.2 Å². The van der Waals surface area contributed by atoms with Crippen molar-refractivity contribution < 1.29 is 19.0 Å². The summed E-state index contributed by atoms with van der Waals surface area (Å²) in [6, 6.07) is 5.83. The Morgan fingerprint density at radius 3 is 2.69 bits per heavy atom. The molecule has 7 heteroatoms. The average molecular weight is 357 g/mol. The lowest BCUT2D eigenvalue weighted by Crippen LogP contribution is -2.40. The third-order valence-electron chi connectivity index (χ3n) is 5.01. The van der Waals surface area contributed by atoms with Crippen molar-refractivity contribution in [3.63, 3.8) is 0 Å². The van der Waals surface area contributed by atoms with Crippen LogP contribution in [0.3, 0.4) is 0 Å². The van der Waals surface area contributed by atoms with E-state index in [1.165, 1.54) is 0 Å². The second-order valence-corrected chi connectivity index (χ2v) is 6.89. The first-order valence-corrected chi connectivity index (χ1v) is 8.99. The van der Waals surface area contributed by atoms with Gasteiger partial charge in [-0.05, 0) is 51.7 Å². The van der Waals surface area contributed by atoms with Crippen molar-refractivity contribution in [2.45, 2.75) is 51.7 Å². The molecule has 1 aromatic heterocycles. The van der Waals surface area contributed by atoms with Crippen LogP contribution in [0.4, 0.5) is 0 Å². The first-order valence-electron chi connectivity index (χ1n) is 8.99. The molecule has 2 N–H and O–H groups in total. The summed E-state index contributed by atoms with van der Waals surface area (Å²) in [5.41, 5.74) is 2.20. The van der Waals surface area contributed by atoms with Gasteiger partial charge in [0.2, 0.25) is 6.79 Å². The van der Waals surface area contributed by atoms with Gasteiger partial charge in [0.05, 0.1) is 17.4 Å². The highest BCUT2D eigenvalue weighted by atomic mass is 16.7. The molecule has 0 unspecified atom stereocenters. The molecule has 2 aliphatic rings. The lowest BCUT2D eigenvalue weighted by Gasteiger charge is -2.29.